The van der Waals surface area contributed by atoms with E-state index < -0.39 is 12.0 Å². The molecule has 174 valence electrons. The van der Waals surface area contributed by atoms with Gasteiger partial charge in [-0.2, -0.15) is 0 Å². The summed E-state index contributed by atoms with van der Waals surface area (Å²) in [6.45, 7) is 9.72. The van der Waals surface area contributed by atoms with Gasteiger partial charge in [0, 0.05) is 28.4 Å². The molecule has 1 aliphatic carbocycles. The van der Waals surface area contributed by atoms with Crippen LogP contribution in [0.5, 0.6) is 0 Å². The number of aliphatic imine (C=N–C) groups is 1. The minimum absolute atomic E-state index is 0.0426. The van der Waals surface area contributed by atoms with E-state index in [4.69, 9.17) is 16.7 Å². The van der Waals surface area contributed by atoms with Crippen LogP contribution < -0.4 is 5.32 Å². The van der Waals surface area contributed by atoms with E-state index in [-0.39, 0.29) is 28.7 Å². The van der Waals surface area contributed by atoms with Crippen LogP contribution in [-0.2, 0) is 9.59 Å². The maximum atomic E-state index is 13.3. The van der Waals surface area contributed by atoms with Crippen LogP contribution in [-0.4, -0.2) is 59.5 Å². The number of carboxylic acids is 1. The van der Waals surface area contributed by atoms with E-state index in [1.165, 1.54) is 18.6 Å². The quantitative estimate of drug-likeness (QED) is 0.290. The maximum absolute atomic E-state index is 13.3. The van der Waals surface area contributed by atoms with Gasteiger partial charge >= 0.3 is 5.97 Å². The molecule has 2 N–H and O–H groups in total. The minimum atomic E-state index is -1.00. The largest absolute Gasteiger partial charge is 0.478 e. The molecular formula is C24H32ClN3O3S. The second kappa shape index (κ2) is 12.2. The molecule has 0 bridgehead atoms. The van der Waals surface area contributed by atoms with Crippen molar-refractivity contribution in [1.82, 2.24) is 10.2 Å². The van der Waals surface area contributed by atoms with Gasteiger partial charge in [0.05, 0.1) is 17.7 Å². The van der Waals surface area contributed by atoms with Crippen LogP contribution in [0.4, 0.5) is 0 Å². The topological polar surface area (TPSA) is 82.0 Å². The first kappa shape index (κ1) is 26.2. The zero-order chi connectivity index (χ0) is 23.8. The van der Waals surface area contributed by atoms with E-state index in [0.29, 0.717) is 5.70 Å². The van der Waals surface area contributed by atoms with E-state index >= 15 is 0 Å². The molecule has 0 aromatic heterocycles. The number of likely N-dealkylation sites (N-methyl/N-ethyl adjacent to an activating group) is 1. The molecule has 4 atom stereocenters. The van der Waals surface area contributed by atoms with Gasteiger partial charge in [0.2, 0.25) is 5.91 Å². The Kier molecular flexibility index (Phi) is 10.0. The highest BCUT2D eigenvalue weighted by Gasteiger charge is 2.37. The van der Waals surface area contributed by atoms with Crippen LogP contribution in [0, 0.1) is 5.92 Å². The first-order valence-corrected chi connectivity index (χ1v) is 11.9. The SMILES string of the molecule is C=N/C(=C\C=C(/C)C(=O)O)[C@H](C)NC(=O)C1C(N(C)CC2=CC=C(Cl)CC2)C=CS[C@H]1C. The van der Waals surface area contributed by atoms with Crippen molar-refractivity contribution in [2.24, 2.45) is 10.9 Å². The summed E-state index contributed by atoms with van der Waals surface area (Å²) < 4.78 is 0. The zero-order valence-corrected chi connectivity index (χ0v) is 20.6. The number of allylic oxidation sites excluding steroid dienone is 5. The van der Waals surface area contributed by atoms with Gasteiger partial charge in [-0.25, -0.2) is 4.79 Å². The Morgan fingerprint density at radius 3 is 2.72 bits per heavy atom. The second-order valence-electron chi connectivity index (χ2n) is 8.17. The molecule has 0 saturated heterocycles. The highest BCUT2D eigenvalue weighted by Crippen LogP contribution is 2.33. The number of amides is 1. The third-order valence-corrected chi connectivity index (χ3v) is 7.07. The zero-order valence-electron chi connectivity index (χ0n) is 19.0. The van der Waals surface area contributed by atoms with Gasteiger partial charge in [0.1, 0.15) is 0 Å². The number of hydrogen-bond acceptors (Lipinski definition) is 5. The molecule has 2 unspecified atom stereocenters. The standard InChI is InChI=1S/C24H32ClN3O3S/c1-15(24(30)31)6-11-20(26-4)16(2)27-23(29)22-17(3)32-13-12-21(22)28(5)14-18-7-9-19(25)10-8-18/h6-7,9,11-13,16-17,21-22H,4,8,10,14H2,1-3,5H3,(H,27,29)(H,30,31)/b15-6+,20-11-/t16-,17-,21?,22?/m0/s1. The fraction of sp³-hybridized carbons (Fsp3) is 0.458. The second-order valence-corrected chi connectivity index (χ2v) is 9.95. The summed E-state index contributed by atoms with van der Waals surface area (Å²) >= 11 is 7.72. The van der Waals surface area contributed by atoms with Crippen LogP contribution in [0.25, 0.3) is 0 Å². The number of carbonyl (C=O) groups excluding carboxylic acids is 1. The van der Waals surface area contributed by atoms with E-state index in [2.05, 4.69) is 46.4 Å². The number of nitrogens with one attached hydrogen (secondary N) is 1. The number of rotatable bonds is 9. The number of hydrogen-bond donors (Lipinski definition) is 2. The predicted molar refractivity (Wildman–Crippen MR) is 134 cm³/mol. The Morgan fingerprint density at radius 2 is 2.12 bits per heavy atom. The van der Waals surface area contributed by atoms with Gasteiger partial charge in [0.15, 0.2) is 0 Å². The van der Waals surface area contributed by atoms with Crippen LogP contribution in [0.2, 0.25) is 0 Å². The normalized spacial score (nSPS) is 25.1. The van der Waals surface area contributed by atoms with Crippen LogP contribution in [0.3, 0.4) is 0 Å². The number of halogens is 1. The summed E-state index contributed by atoms with van der Waals surface area (Å²) in [5, 5.41) is 15.1. The Bertz CT molecular complexity index is 891. The maximum Gasteiger partial charge on any atom is 0.331 e. The van der Waals surface area contributed by atoms with Gasteiger partial charge in [0.25, 0.3) is 0 Å². The van der Waals surface area contributed by atoms with Gasteiger partial charge in [-0.3, -0.25) is 14.7 Å². The summed E-state index contributed by atoms with van der Waals surface area (Å²) in [6.07, 6.45) is 10.9. The number of nitrogens with zero attached hydrogens (tertiary/aromatic N) is 2. The first-order chi connectivity index (χ1) is 15.1. The monoisotopic (exact) mass is 477 g/mol. The molecule has 1 heterocycles. The molecule has 2 aliphatic rings. The van der Waals surface area contributed by atoms with Crippen molar-refractivity contribution in [3.63, 3.8) is 0 Å². The summed E-state index contributed by atoms with van der Waals surface area (Å²) in [4.78, 5) is 30.5. The molecule has 0 aromatic carbocycles. The third-order valence-electron chi connectivity index (χ3n) is 5.72. The average molecular weight is 478 g/mol. The Balaban J connectivity index is 2.13. The molecule has 0 saturated carbocycles. The number of carboxylic acid groups (broad SMARTS) is 1. The molecular weight excluding hydrogens is 446 g/mol. The lowest BCUT2D eigenvalue weighted by Gasteiger charge is -2.38. The molecule has 1 amide bonds. The van der Waals surface area contributed by atoms with Crippen molar-refractivity contribution < 1.29 is 14.7 Å². The lowest BCUT2D eigenvalue weighted by Crippen LogP contribution is -2.51. The number of aliphatic carboxylic acids is 1. The van der Waals surface area contributed by atoms with Crippen molar-refractivity contribution in [2.45, 2.75) is 50.9 Å². The van der Waals surface area contributed by atoms with E-state index in [1.54, 1.807) is 17.8 Å². The Hall–Kier alpha value is -2.09. The van der Waals surface area contributed by atoms with Crippen molar-refractivity contribution in [2.75, 3.05) is 13.6 Å². The fourth-order valence-corrected chi connectivity index (χ4v) is 4.84. The van der Waals surface area contributed by atoms with Crippen molar-refractivity contribution in [1.29, 1.82) is 0 Å². The molecule has 1 aliphatic heterocycles. The molecule has 6 nitrogen and oxygen atoms in total. The average Bonchev–Trinajstić information content (AvgIpc) is 2.75. The van der Waals surface area contributed by atoms with Gasteiger partial charge in [-0.05, 0) is 58.0 Å². The lowest BCUT2D eigenvalue weighted by molar-refractivity contribution is -0.132. The van der Waals surface area contributed by atoms with Crippen LogP contribution >= 0.6 is 23.4 Å². The van der Waals surface area contributed by atoms with Crippen molar-refractivity contribution >= 4 is 42.0 Å². The Labute approximate surface area is 199 Å². The minimum Gasteiger partial charge on any atom is -0.478 e. The predicted octanol–water partition coefficient (Wildman–Crippen LogP) is 4.52. The molecule has 0 fully saturated rings. The molecule has 8 heteroatoms. The van der Waals surface area contributed by atoms with E-state index in [1.807, 2.05) is 20.0 Å². The number of carbonyl (C=O) groups is 2. The van der Waals surface area contributed by atoms with Crippen LogP contribution in [0.15, 0.2) is 62.7 Å². The highest BCUT2D eigenvalue weighted by atomic mass is 35.5. The molecule has 32 heavy (non-hydrogen) atoms. The highest BCUT2D eigenvalue weighted by molar-refractivity contribution is 8.02. The van der Waals surface area contributed by atoms with Gasteiger partial charge in [-0.1, -0.05) is 42.3 Å². The number of thioether (sulfide) groups is 1. The van der Waals surface area contributed by atoms with E-state index in [9.17, 15) is 9.59 Å². The summed E-state index contributed by atoms with van der Waals surface area (Å²) in [5.74, 6) is -1.31. The van der Waals surface area contributed by atoms with Gasteiger partial charge in [-0.15, -0.1) is 11.8 Å². The van der Waals surface area contributed by atoms with Crippen molar-refractivity contribution in [3.8, 4) is 0 Å². The molecule has 0 radical (unpaired) electrons. The van der Waals surface area contributed by atoms with Crippen LogP contribution in [0.1, 0.15) is 33.6 Å². The molecule has 0 aromatic rings. The molecule has 0 spiro atoms. The smallest absolute Gasteiger partial charge is 0.331 e. The van der Waals surface area contributed by atoms with Crippen molar-refractivity contribution in [3.05, 3.63) is 57.7 Å². The molecule has 2 rings (SSSR count). The van der Waals surface area contributed by atoms with E-state index in [0.717, 1.165) is 24.4 Å². The lowest BCUT2D eigenvalue weighted by atomic mass is 9.92. The fourth-order valence-electron chi connectivity index (χ4n) is 3.73. The third kappa shape index (κ3) is 7.22. The Morgan fingerprint density at radius 1 is 1.41 bits per heavy atom. The first-order valence-electron chi connectivity index (χ1n) is 10.6. The summed E-state index contributed by atoms with van der Waals surface area (Å²) in [6, 6.07) is -0.445. The summed E-state index contributed by atoms with van der Waals surface area (Å²) in [5.41, 5.74) is 1.99. The van der Waals surface area contributed by atoms with Gasteiger partial charge < -0.3 is 10.4 Å². The summed E-state index contributed by atoms with van der Waals surface area (Å²) in [7, 11) is 2.04.